The number of ether oxygens (including phenoxy) is 1. The van der Waals surface area contributed by atoms with Gasteiger partial charge in [-0.1, -0.05) is 12.1 Å². The number of nitrogens with two attached hydrogens (primary N) is 1. The molecule has 0 aliphatic heterocycles. The van der Waals surface area contributed by atoms with Crippen molar-refractivity contribution >= 4 is 11.5 Å². The quantitative estimate of drug-likeness (QED) is 0.638. The number of nitro benzene ring substituents is 1. The maximum absolute atomic E-state index is 10.7. The Morgan fingerprint density at radius 3 is 2.65 bits per heavy atom. The normalized spacial score (nSPS) is 9.88. The molecule has 0 spiro atoms. The third-order valence-electron chi connectivity index (χ3n) is 1.92. The van der Waals surface area contributed by atoms with Gasteiger partial charge in [0.2, 0.25) is 11.6 Å². The number of aromatic nitrogens is 2. The summed E-state index contributed by atoms with van der Waals surface area (Å²) in [6.45, 7) is 0. The van der Waals surface area contributed by atoms with Crippen LogP contribution in [0.3, 0.4) is 0 Å². The monoisotopic (exact) mass is 232 g/mol. The Morgan fingerprint density at radius 2 is 2.00 bits per heavy atom. The molecule has 0 aliphatic carbocycles. The van der Waals surface area contributed by atoms with E-state index < -0.39 is 4.92 Å². The number of nitrogens with zero attached hydrogens (tertiary/aromatic N) is 3. The molecule has 0 saturated carbocycles. The van der Waals surface area contributed by atoms with Crippen molar-refractivity contribution in [2.75, 3.05) is 5.73 Å². The topological polar surface area (TPSA) is 104 Å². The van der Waals surface area contributed by atoms with Crippen LogP contribution >= 0.6 is 0 Å². The van der Waals surface area contributed by atoms with Crippen molar-refractivity contribution in [1.29, 1.82) is 0 Å². The lowest BCUT2D eigenvalue weighted by Crippen LogP contribution is -1.96. The molecular formula is C10H8N4O3. The van der Waals surface area contributed by atoms with Crippen molar-refractivity contribution in [2.24, 2.45) is 0 Å². The van der Waals surface area contributed by atoms with Crippen LogP contribution in [0.2, 0.25) is 0 Å². The predicted molar refractivity (Wildman–Crippen MR) is 59.6 cm³/mol. The van der Waals surface area contributed by atoms with Crippen LogP contribution in [-0.2, 0) is 0 Å². The van der Waals surface area contributed by atoms with Crippen LogP contribution in [0.5, 0.6) is 11.6 Å². The Hall–Kier alpha value is -2.70. The van der Waals surface area contributed by atoms with Gasteiger partial charge in [-0.2, -0.15) is 0 Å². The van der Waals surface area contributed by atoms with Crippen LogP contribution in [0.15, 0.2) is 36.7 Å². The van der Waals surface area contributed by atoms with Gasteiger partial charge < -0.3 is 10.5 Å². The zero-order chi connectivity index (χ0) is 12.3. The number of nitro groups is 1. The summed E-state index contributed by atoms with van der Waals surface area (Å²) in [7, 11) is 0. The minimum Gasteiger partial charge on any atom is -0.430 e. The molecule has 1 heterocycles. The van der Waals surface area contributed by atoms with Crippen LogP contribution in [-0.4, -0.2) is 14.9 Å². The highest BCUT2D eigenvalue weighted by Gasteiger charge is 2.14. The Balaban J connectivity index is 2.30. The fourth-order valence-electron chi connectivity index (χ4n) is 1.19. The highest BCUT2D eigenvalue weighted by Crippen LogP contribution is 2.29. The van der Waals surface area contributed by atoms with Crippen molar-refractivity contribution in [3.05, 3.63) is 46.8 Å². The zero-order valence-corrected chi connectivity index (χ0v) is 8.61. The number of nitrogen functional groups attached to an aromatic ring is 1. The first-order chi connectivity index (χ1) is 8.16. The van der Waals surface area contributed by atoms with E-state index in [1.807, 2.05) is 0 Å². The van der Waals surface area contributed by atoms with Gasteiger partial charge >= 0.3 is 5.69 Å². The first-order valence-corrected chi connectivity index (χ1v) is 4.65. The average molecular weight is 232 g/mol. The molecule has 2 rings (SSSR count). The molecule has 0 amide bonds. The van der Waals surface area contributed by atoms with E-state index in [9.17, 15) is 10.1 Å². The number of para-hydroxylation sites is 2. The third kappa shape index (κ3) is 2.46. The average Bonchev–Trinajstić information content (AvgIpc) is 2.32. The van der Waals surface area contributed by atoms with Gasteiger partial charge in [-0.15, -0.1) is 0 Å². The molecule has 0 atom stereocenters. The molecule has 7 nitrogen and oxygen atoms in total. The molecule has 0 bridgehead atoms. The van der Waals surface area contributed by atoms with E-state index in [-0.39, 0.29) is 23.1 Å². The molecular weight excluding hydrogens is 224 g/mol. The minimum atomic E-state index is -0.528. The number of benzene rings is 1. The summed E-state index contributed by atoms with van der Waals surface area (Å²) in [5, 5.41) is 10.7. The standard InChI is InChI=1S/C10H8N4O3/c11-9-5-13-10(6-12-9)17-8-4-2-1-3-7(8)14(15)16/h1-6H,(H2,11,12). The molecule has 0 fully saturated rings. The second-order valence-electron chi connectivity index (χ2n) is 3.11. The molecule has 17 heavy (non-hydrogen) atoms. The summed E-state index contributed by atoms with van der Waals surface area (Å²) in [4.78, 5) is 17.8. The lowest BCUT2D eigenvalue weighted by Gasteiger charge is -2.04. The number of hydrogen-bond acceptors (Lipinski definition) is 6. The number of anilines is 1. The molecule has 86 valence electrons. The van der Waals surface area contributed by atoms with Crippen LogP contribution in [0.1, 0.15) is 0 Å². The number of rotatable bonds is 3. The minimum absolute atomic E-state index is 0.108. The highest BCUT2D eigenvalue weighted by molar-refractivity contribution is 5.47. The summed E-state index contributed by atoms with van der Waals surface area (Å²) >= 11 is 0. The lowest BCUT2D eigenvalue weighted by molar-refractivity contribution is -0.385. The maximum Gasteiger partial charge on any atom is 0.311 e. The second kappa shape index (κ2) is 4.44. The van der Waals surface area contributed by atoms with Crippen molar-refractivity contribution in [3.63, 3.8) is 0 Å². The molecule has 0 saturated heterocycles. The van der Waals surface area contributed by atoms with Gasteiger partial charge in [0.15, 0.2) is 0 Å². The largest absolute Gasteiger partial charge is 0.430 e. The fourth-order valence-corrected chi connectivity index (χ4v) is 1.19. The van der Waals surface area contributed by atoms with E-state index in [0.29, 0.717) is 0 Å². The molecule has 0 radical (unpaired) electrons. The van der Waals surface area contributed by atoms with Crippen LogP contribution in [0.4, 0.5) is 11.5 Å². The van der Waals surface area contributed by atoms with Gasteiger partial charge in [-0.05, 0) is 6.07 Å². The summed E-state index contributed by atoms with van der Waals surface area (Å²) < 4.78 is 5.25. The predicted octanol–water partition coefficient (Wildman–Crippen LogP) is 1.76. The lowest BCUT2D eigenvalue weighted by atomic mass is 10.3. The van der Waals surface area contributed by atoms with Crippen molar-refractivity contribution < 1.29 is 9.66 Å². The van der Waals surface area contributed by atoms with Crippen molar-refractivity contribution in [2.45, 2.75) is 0 Å². The third-order valence-corrected chi connectivity index (χ3v) is 1.92. The molecule has 0 aliphatic rings. The molecule has 7 heteroatoms. The SMILES string of the molecule is Nc1cnc(Oc2ccccc2[N+](=O)[O-])cn1. The van der Waals surface area contributed by atoms with E-state index >= 15 is 0 Å². The van der Waals surface area contributed by atoms with Gasteiger partial charge in [0.05, 0.1) is 17.3 Å². The number of hydrogen-bond donors (Lipinski definition) is 1. The van der Waals surface area contributed by atoms with Crippen LogP contribution in [0.25, 0.3) is 0 Å². The van der Waals surface area contributed by atoms with Crippen molar-refractivity contribution in [3.8, 4) is 11.6 Å². The van der Waals surface area contributed by atoms with E-state index in [1.165, 1.54) is 24.5 Å². The molecule has 1 aromatic heterocycles. The molecule has 2 N–H and O–H groups in total. The van der Waals surface area contributed by atoms with Crippen molar-refractivity contribution in [1.82, 2.24) is 9.97 Å². The first kappa shape index (κ1) is 10.8. The van der Waals surface area contributed by atoms with E-state index in [0.717, 1.165) is 0 Å². The molecule has 2 aromatic rings. The van der Waals surface area contributed by atoms with Crippen LogP contribution in [0, 0.1) is 10.1 Å². The van der Waals surface area contributed by atoms with Gasteiger partial charge in [0.1, 0.15) is 5.82 Å². The van der Waals surface area contributed by atoms with Gasteiger partial charge in [0.25, 0.3) is 0 Å². The summed E-state index contributed by atoms with van der Waals surface area (Å²) in [6, 6.07) is 6.02. The Morgan fingerprint density at radius 1 is 1.24 bits per heavy atom. The zero-order valence-electron chi connectivity index (χ0n) is 8.61. The smallest absolute Gasteiger partial charge is 0.311 e. The second-order valence-corrected chi connectivity index (χ2v) is 3.11. The Labute approximate surface area is 96.0 Å². The summed E-state index contributed by atoms with van der Waals surface area (Å²) in [6.07, 6.45) is 2.61. The van der Waals surface area contributed by atoms with E-state index in [4.69, 9.17) is 10.5 Å². The Kier molecular flexibility index (Phi) is 2.82. The summed E-state index contributed by atoms with van der Waals surface area (Å²) in [5.41, 5.74) is 5.23. The van der Waals surface area contributed by atoms with Crippen LogP contribution < -0.4 is 10.5 Å². The van der Waals surface area contributed by atoms with Gasteiger partial charge in [0, 0.05) is 6.07 Å². The summed E-state index contributed by atoms with van der Waals surface area (Å²) in [5.74, 6) is 0.505. The van der Waals surface area contributed by atoms with E-state index in [1.54, 1.807) is 12.1 Å². The fraction of sp³-hybridized carbons (Fsp3) is 0. The Bertz CT molecular complexity index is 542. The van der Waals surface area contributed by atoms with Gasteiger partial charge in [-0.25, -0.2) is 9.97 Å². The van der Waals surface area contributed by atoms with E-state index in [2.05, 4.69) is 9.97 Å². The maximum atomic E-state index is 10.7. The molecule has 0 unspecified atom stereocenters. The molecule has 1 aromatic carbocycles. The highest BCUT2D eigenvalue weighted by atomic mass is 16.6. The van der Waals surface area contributed by atoms with Gasteiger partial charge in [-0.3, -0.25) is 10.1 Å². The first-order valence-electron chi connectivity index (χ1n) is 4.65.